The van der Waals surface area contributed by atoms with Crippen molar-refractivity contribution < 1.29 is 19.4 Å². The molecule has 86 valence electrons. The highest BCUT2D eigenvalue weighted by molar-refractivity contribution is 6.35. The van der Waals surface area contributed by atoms with Crippen LogP contribution in [0.1, 0.15) is 12.8 Å². The van der Waals surface area contributed by atoms with Gasteiger partial charge in [0, 0.05) is 19.7 Å². The lowest BCUT2D eigenvalue weighted by molar-refractivity contribution is -0.139. The number of carbonyl (C=O) groups excluding carboxylic acids is 2. The number of nitrogens with one attached hydrogen (secondary N) is 2. The molecule has 1 unspecified atom stereocenters. The highest BCUT2D eigenvalue weighted by Crippen LogP contribution is 2.10. The SMILES string of the molecule is O=C(NCCO)C(=O)NCC1CCCO1. The number of aliphatic hydroxyl groups is 1. The summed E-state index contributed by atoms with van der Waals surface area (Å²) in [5.74, 6) is -1.40. The molecular weight excluding hydrogens is 200 g/mol. The molecule has 1 rings (SSSR count). The molecule has 6 heteroatoms. The average Bonchev–Trinajstić information content (AvgIpc) is 2.75. The molecule has 1 saturated heterocycles. The van der Waals surface area contributed by atoms with Gasteiger partial charge >= 0.3 is 11.8 Å². The van der Waals surface area contributed by atoms with Crippen LogP contribution in [-0.4, -0.2) is 49.3 Å². The Hall–Kier alpha value is -1.14. The number of rotatable bonds is 4. The maximum atomic E-state index is 11.1. The summed E-state index contributed by atoms with van der Waals surface area (Å²) in [6.07, 6.45) is 1.94. The van der Waals surface area contributed by atoms with Crippen LogP contribution in [0.2, 0.25) is 0 Å². The summed E-state index contributed by atoms with van der Waals surface area (Å²) in [6.45, 7) is 1.000. The zero-order valence-corrected chi connectivity index (χ0v) is 8.49. The van der Waals surface area contributed by atoms with Crippen molar-refractivity contribution in [3.05, 3.63) is 0 Å². The van der Waals surface area contributed by atoms with Crippen LogP contribution in [0.15, 0.2) is 0 Å². The molecule has 1 atom stereocenters. The second kappa shape index (κ2) is 6.36. The van der Waals surface area contributed by atoms with Crippen LogP contribution in [0.5, 0.6) is 0 Å². The molecule has 0 aromatic carbocycles. The van der Waals surface area contributed by atoms with E-state index in [1.165, 1.54) is 0 Å². The Morgan fingerprint density at radius 2 is 2.07 bits per heavy atom. The Morgan fingerprint density at radius 3 is 2.67 bits per heavy atom. The molecule has 0 aliphatic carbocycles. The fraction of sp³-hybridized carbons (Fsp3) is 0.778. The zero-order chi connectivity index (χ0) is 11.1. The Labute approximate surface area is 88.0 Å². The third kappa shape index (κ3) is 4.26. The minimum atomic E-state index is -0.720. The molecule has 0 spiro atoms. The van der Waals surface area contributed by atoms with Gasteiger partial charge in [0.25, 0.3) is 0 Å². The first-order valence-corrected chi connectivity index (χ1v) is 5.02. The molecule has 6 nitrogen and oxygen atoms in total. The van der Waals surface area contributed by atoms with Gasteiger partial charge in [0.15, 0.2) is 0 Å². The molecule has 0 saturated carbocycles. The number of amides is 2. The molecule has 0 aromatic heterocycles. The first-order valence-electron chi connectivity index (χ1n) is 5.02. The largest absolute Gasteiger partial charge is 0.395 e. The summed E-state index contributed by atoms with van der Waals surface area (Å²) >= 11 is 0. The first kappa shape index (κ1) is 11.9. The van der Waals surface area contributed by atoms with Crippen molar-refractivity contribution >= 4 is 11.8 Å². The van der Waals surface area contributed by atoms with E-state index < -0.39 is 11.8 Å². The predicted octanol–water partition coefficient (Wildman–Crippen LogP) is -1.61. The summed E-state index contributed by atoms with van der Waals surface area (Å²) in [5.41, 5.74) is 0. The molecule has 0 radical (unpaired) electrons. The van der Waals surface area contributed by atoms with E-state index in [0.717, 1.165) is 19.4 Å². The van der Waals surface area contributed by atoms with Gasteiger partial charge in [-0.05, 0) is 12.8 Å². The maximum absolute atomic E-state index is 11.1. The summed E-state index contributed by atoms with van der Waals surface area (Å²) in [7, 11) is 0. The van der Waals surface area contributed by atoms with E-state index in [0.29, 0.717) is 6.54 Å². The number of carbonyl (C=O) groups is 2. The predicted molar refractivity (Wildman–Crippen MR) is 52.1 cm³/mol. The van der Waals surface area contributed by atoms with Crippen molar-refractivity contribution in [2.75, 3.05) is 26.3 Å². The van der Waals surface area contributed by atoms with E-state index >= 15 is 0 Å². The lowest BCUT2D eigenvalue weighted by Crippen LogP contribution is -2.43. The average molecular weight is 216 g/mol. The van der Waals surface area contributed by atoms with Crippen LogP contribution < -0.4 is 10.6 Å². The Kier molecular flexibility index (Phi) is 5.06. The first-order chi connectivity index (χ1) is 7.24. The van der Waals surface area contributed by atoms with Crippen LogP contribution in [0, 0.1) is 0 Å². The highest BCUT2D eigenvalue weighted by atomic mass is 16.5. The minimum Gasteiger partial charge on any atom is -0.395 e. The van der Waals surface area contributed by atoms with Gasteiger partial charge in [-0.25, -0.2) is 0 Å². The van der Waals surface area contributed by atoms with Gasteiger partial charge < -0.3 is 20.5 Å². The fourth-order valence-electron chi connectivity index (χ4n) is 1.34. The second-order valence-electron chi connectivity index (χ2n) is 3.32. The van der Waals surface area contributed by atoms with E-state index in [1.54, 1.807) is 0 Å². The van der Waals surface area contributed by atoms with Crippen LogP contribution in [-0.2, 0) is 14.3 Å². The number of hydrogen-bond donors (Lipinski definition) is 3. The Morgan fingerprint density at radius 1 is 1.33 bits per heavy atom. The molecule has 1 heterocycles. The molecule has 0 aromatic rings. The molecule has 1 aliphatic rings. The third-order valence-corrected chi connectivity index (χ3v) is 2.12. The summed E-state index contributed by atoms with van der Waals surface area (Å²) in [4.78, 5) is 22.2. The van der Waals surface area contributed by atoms with Gasteiger partial charge in [-0.15, -0.1) is 0 Å². The molecule has 0 bridgehead atoms. The lowest BCUT2D eigenvalue weighted by Gasteiger charge is -2.10. The smallest absolute Gasteiger partial charge is 0.309 e. The Bertz CT molecular complexity index is 226. The molecule has 15 heavy (non-hydrogen) atoms. The van der Waals surface area contributed by atoms with E-state index in [9.17, 15) is 9.59 Å². The van der Waals surface area contributed by atoms with Crippen molar-refractivity contribution in [3.8, 4) is 0 Å². The van der Waals surface area contributed by atoms with Crippen LogP contribution >= 0.6 is 0 Å². The van der Waals surface area contributed by atoms with Gasteiger partial charge in [-0.2, -0.15) is 0 Å². The molecule has 1 fully saturated rings. The monoisotopic (exact) mass is 216 g/mol. The van der Waals surface area contributed by atoms with Crippen molar-refractivity contribution in [1.82, 2.24) is 10.6 Å². The lowest BCUT2D eigenvalue weighted by atomic mass is 10.2. The van der Waals surface area contributed by atoms with Gasteiger partial charge in [-0.1, -0.05) is 0 Å². The van der Waals surface area contributed by atoms with Gasteiger partial charge in [0.2, 0.25) is 0 Å². The molecular formula is C9H16N2O4. The van der Waals surface area contributed by atoms with Crippen LogP contribution in [0.3, 0.4) is 0 Å². The normalized spacial score (nSPS) is 19.9. The third-order valence-electron chi connectivity index (χ3n) is 2.12. The van der Waals surface area contributed by atoms with Gasteiger partial charge in [0.05, 0.1) is 12.7 Å². The number of aliphatic hydroxyl groups excluding tert-OH is 1. The highest BCUT2D eigenvalue weighted by Gasteiger charge is 2.18. The van der Waals surface area contributed by atoms with Crippen molar-refractivity contribution in [1.29, 1.82) is 0 Å². The van der Waals surface area contributed by atoms with E-state index in [4.69, 9.17) is 9.84 Å². The summed E-state index contributed by atoms with van der Waals surface area (Å²) < 4.78 is 5.28. The van der Waals surface area contributed by atoms with Crippen molar-refractivity contribution in [2.45, 2.75) is 18.9 Å². The van der Waals surface area contributed by atoms with E-state index in [2.05, 4.69) is 10.6 Å². The minimum absolute atomic E-state index is 0.0274. The van der Waals surface area contributed by atoms with Gasteiger partial charge in [-0.3, -0.25) is 9.59 Å². The Balaban J connectivity index is 2.14. The van der Waals surface area contributed by atoms with Crippen molar-refractivity contribution in [2.24, 2.45) is 0 Å². The van der Waals surface area contributed by atoms with E-state index in [-0.39, 0.29) is 19.3 Å². The fourth-order valence-corrected chi connectivity index (χ4v) is 1.34. The number of hydrogen-bond acceptors (Lipinski definition) is 4. The number of ether oxygens (including phenoxy) is 1. The quantitative estimate of drug-likeness (QED) is 0.493. The second-order valence-corrected chi connectivity index (χ2v) is 3.32. The van der Waals surface area contributed by atoms with E-state index in [1.807, 2.05) is 0 Å². The summed E-state index contributed by atoms with van der Waals surface area (Å²) in [6, 6.07) is 0. The molecule has 3 N–H and O–H groups in total. The molecule has 2 amide bonds. The zero-order valence-electron chi connectivity index (χ0n) is 8.49. The van der Waals surface area contributed by atoms with Crippen molar-refractivity contribution in [3.63, 3.8) is 0 Å². The summed E-state index contributed by atoms with van der Waals surface area (Å²) in [5, 5.41) is 13.2. The van der Waals surface area contributed by atoms with Crippen LogP contribution in [0.4, 0.5) is 0 Å². The van der Waals surface area contributed by atoms with Gasteiger partial charge in [0.1, 0.15) is 0 Å². The standard InChI is InChI=1S/C9H16N2O4/c12-4-3-10-8(13)9(14)11-6-7-2-1-5-15-7/h7,12H,1-6H2,(H,10,13)(H,11,14). The maximum Gasteiger partial charge on any atom is 0.309 e. The van der Waals surface area contributed by atoms with Crippen LogP contribution in [0.25, 0.3) is 0 Å². The molecule has 1 aliphatic heterocycles. The topological polar surface area (TPSA) is 87.7 Å².